The lowest BCUT2D eigenvalue weighted by molar-refractivity contribution is 0.114. The highest BCUT2D eigenvalue weighted by Crippen LogP contribution is 2.36. The number of aryl methyl sites for hydroxylation is 1. The second kappa shape index (κ2) is 8.51. The van der Waals surface area contributed by atoms with Crippen molar-refractivity contribution in [3.63, 3.8) is 0 Å². The molecule has 0 saturated carbocycles. The fraction of sp³-hybridized carbons (Fsp3) is 0.400. The van der Waals surface area contributed by atoms with Gasteiger partial charge in [0, 0.05) is 64.6 Å². The van der Waals surface area contributed by atoms with Gasteiger partial charge < -0.3 is 14.5 Å². The summed E-state index contributed by atoms with van der Waals surface area (Å²) >= 11 is 0. The Morgan fingerprint density at radius 3 is 2.52 bits per heavy atom. The minimum atomic E-state index is -0.370. The molecule has 1 fully saturated rings. The zero-order valence-corrected chi connectivity index (χ0v) is 19.0. The molecular formula is C25H29N5O3. The van der Waals surface area contributed by atoms with Gasteiger partial charge >= 0.3 is 5.69 Å². The Bertz CT molecular complexity index is 1360. The Hall–Kier alpha value is -3.39. The molecule has 172 valence electrons. The topological polar surface area (TPSA) is 81.3 Å². The molecular weight excluding hydrogens is 418 g/mol. The van der Waals surface area contributed by atoms with Crippen molar-refractivity contribution in [3.8, 4) is 0 Å². The molecule has 2 atom stereocenters. The first-order valence-electron chi connectivity index (χ1n) is 11.4. The monoisotopic (exact) mass is 447 g/mol. The van der Waals surface area contributed by atoms with E-state index in [9.17, 15) is 14.4 Å². The maximum Gasteiger partial charge on any atom is 0.330 e. The Morgan fingerprint density at radius 2 is 1.73 bits per heavy atom. The summed E-state index contributed by atoms with van der Waals surface area (Å²) in [6.45, 7) is 3.78. The van der Waals surface area contributed by atoms with Crippen molar-refractivity contribution in [2.45, 2.75) is 32.0 Å². The molecule has 33 heavy (non-hydrogen) atoms. The van der Waals surface area contributed by atoms with Crippen LogP contribution in [-0.4, -0.2) is 31.7 Å². The smallest absolute Gasteiger partial charge is 0.330 e. The molecule has 4 heterocycles. The van der Waals surface area contributed by atoms with E-state index in [0.29, 0.717) is 29.6 Å². The second-order valence-corrected chi connectivity index (χ2v) is 9.33. The SMILES string of the molecule is Cn1cc(CNc2ccc3n(c2=O)C[C@H]2C[C@@H]3CN(Cc3ccccc3)C2)c(=O)n(C)c1=O. The van der Waals surface area contributed by atoms with E-state index in [1.807, 2.05) is 16.7 Å². The number of aromatic nitrogens is 3. The molecule has 0 aliphatic carbocycles. The van der Waals surface area contributed by atoms with Crippen LogP contribution in [0, 0.1) is 5.92 Å². The standard InChI is InChI=1S/C25H29N5O3/c1-27-15-20(23(31)28(2)25(27)33)11-26-21-8-9-22-19-10-18(14-30(22)24(21)32)13-29(16-19)12-17-6-4-3-5-7-17/h3-9,15,18-19,26H,10-14,16H2,1-2H3/t18-,19+/m0/s1. The molecule has 2 aliphatic rings. The largest absolute Gasteiger partial charge is 0.376 e. The second-order valence-electron chi connectivity index (χ2n) is 9.33. The van der Waals surface area contributed by atoms with Crippen molar-refractivity contribution in [2.24, 2.45) is 20.0 Å². The van der Waals surface area contributed by atoms with Crippen LogP contribution in [0.15, 0.2) is 63.0 Å². The van der Waals surface area contributed by atoms with Gasteiger partial charge in [0.05, 0.1) is 5.56 Å². The van der Waals surface area contributed by atoms with E-state index in [-0.39, 0.29) is 23.4 Å². The first-order valence-corrected chi connectivity index (χ1v) is 11.4. The summed E-state index contributed by atoms with van der Waals surface area (Å²) in [5.41, 5.74) is 2.57. The van der Waals surface area contributed by atoms with Gasteiger partial charge in [0.15, 0.2) is 0 Å². The highest BCUT2D eigenvalue weighted by Gasteiger charge is 2.34. The van der Waals surface area contributed by atoms with Crippen LogP contribution in [0.2, 0.25) is 0 Å². The first-order chi connectivity index (χ1) is 15.9. The zero-order valence-electron chi connectivity index (χ0n) is 19.0. The summed E-state index contributed by atoms with van der Waals surface area (Å²) in [5.74, 6) is 0.794. The van der Waals surface area contributed by atoms with Gasteiger partial charge in [0.2, 0.25) is 0 Å². The van der Waals surface area contributed by atoms with Crippen LogP contribution in [0.5, 0.6) is 0 Å². The fourth-order valence-corrected chi connectivity index (χ4v) is 5.34. The molecule has 5 rings (SSSR count). The molecule has 3 aromatic rings. The van der Waals surface area contributed by atoms with Gasteiger partial charge in [-0.25, -0.2) is 4.79 Å². The molecule has 2 aliphatic heterocycles. The fourth-order valence-electron chi connectivity index (χ4n) is 5.34. The first kappa shape index (κ1) is 21.5. The maximum absolute atomic E-state index is 13.3. The lowest BCUT2D eigenvalue weighted by Crippen LogP contribution is -2.47. The van der Waals surface area contributed by atoms with E-state index in [2.05, 4.69) is 40.5 Å². The molecule has 1 N–H and O–H groups in total. The summed E-state index contributed by atoms with van der Waals surface area (Å²) in [7, 11) is 3.07. The summed E-state index contributed by atoms with van der Waals surface area (Å²) < 4.78 is 4.37. The number of fused-ring (bicyclic) bond motifs is 4. The molecule has 0 spiro atoms. The average Bonchev–Trinajstić information content (AvgIpc) is 2.81. The number of hydrogen-bond acceptors (Lipinski definition) is 5. The molecule has 2 aromatic heterocycles. The van der Waals surface area contributed by atoms with E-state index in [1.165, 1.54) is 23.4 Å². The van der Waals surface area contributed by atoms with E-state index >= 15 is 0 Å². The van der Waals surface area contributed by atoms with Crippen LogP contribution in [0.3, 0.4) is 0 Å². The number of benzene rings is 1. The van der Waals surface area contributed by atoms with Crippen LogP contribution in [-0.2, 0) is 33.7 Å². The minimum absolute atomic E-state index is 0.0413. The lowest BCUT2D eigenvalue weighted by Gasteiger charge is -2.43. The Kier molecular flexibility index (Phi) is 5.54. The van der Waals surface area contributed by atoms with E-state index < -0.39 is 0 Å². The third-order valence-electron chi connectivity index (χ3n) is 6.92. The summed E-state index contributed by atoms with van der Waals surface area (Å²) in [5, 5.41) is 3.13. The Balaban J connectivity index is 1.35. The van der Waals surface area contributed by atoms with Crippen LogP contribution >= 0.6 is 0 Å². The predicted octanol–water partition coefficient (Wildman–Crippen LogP) is 1.48. The number of piperidine rings is 1. The van der Waals surface area contributed by atoms with Crippen LogP contribution in [0.25, 0.3) is 0 Å². The van der Waals surface area contributed by atoms with E-state index in [4.69, 9.17) is 0 Å². The number of rotatable bonds is 5. The maximum atomic E-state index is 13.3. The number of anilines is 1. The zero-order chi connectivity index (χ0) is 23.1. The normalized spacial score (nSPS) is 19.8. The quantitative estimate of drug-likeness (QED) is 0.641. The van der Waals surface area contributed by atoms with Gasteiger partial charge in [0.25, 0.3) is 11.1 Å². The summed E-state index contributed by atoms with van der Waals surface area (Å²) in [4.78, 5) is 40.1. The molecule has 8 nitrogen and oxygen atoms in total. The van der Waals surface area contributed by atoms with Crippen molar-refractivity contribution in [1.29, 1.82) is 0 Å². The molecule has 1 saturated heterocycles. The van der Waals surface area contributed by atoms with Crippen molar-refractivity contribution >= 4 is 5.69 Å². The number of hydrogen-bond donors (Lipinski definition) is 1. The number of pyridine rings is 1. The molecule has 2 bridgehead atoms. The molecule has 0 unspecified atom stereocenters. The van der Waals surface area contributed by atoms with Crippen LogP contribution in [0.4, 0.5) is 5.69 Å². The lowest BCUT2D eigenvalue weighted by atomic mass is 9.83. The molecule has 0 amide bonds. The number of nitrogens with zero attached hydrogens (tertiary/aromatic N) is 4. The third kappa shape index (κ3) is 4.06. The van der Waals surface area contributed by atoms with Gasteiger partial charge in [-0.3, -0.25) is 19.1 Å². The molecule has 1 aromatic carbocycles. The summed E-state index contributed by atoms with van der Waals surface area (Å²) in [6, 6.07) is 14.4. The molecule has 8 heteroatoms. The highest BCUT2D eigenvalue weighted by molar-refractivity contribution is 5.43. The highest BCUT2D eigenvalue weighted by atomic mass is 16.2. The van der Waals surface area contributed by atoms with Gasteiger partial charge in [-0.05, 0) is 30.0 Å². The average molecular weight is 448 g/mol. The van der Waals surface area contributed by atoms with Gasteiger partial charge in [-0.2, -0.15) is 0 Å². The van der Waals surface area contributed by atoms with Gasteiger partial charge in [-0.1, -0.05) is 30.3 Å². The van der Waals surface area contributed by atoms with Crippen LogP contribution in [0.1, 0.15) is 29.2 Å². The predicted molar refractivity (Wildman–Crippen MR) is 128 cm³/mol. The van der Waals surface area contributed by atoms with Crippen molar-refractivity contribution in [1.82, 2.24) is 18.6 Å². The van der Waals surface area contributed by atoms with E-state index in [1.54, 1.807) is 7.05 Å². The third-order valence-corrected chi connectivity index (χ3v) is 6.92. The number of likely N-dealkylation sites (tertiary alicyclic amines) is 1. The summed E-state index contributed by atoms with van der Waals surface area (Å²) in [6.07, 6.45) is 2.64. The van der Waals surface area contributed by atoms with Crippen molar-refractivity contribution in [2.75, 3.05) is 18.4 Å². The Labute approximate surface area is 191 Å². The van der Waals surface area contributed by atoms with Crippen molar-refractivity contribution in [3.05, 3.63) is 96.7 Å². The number of nitrogens with one attached hydrogen (secondary N) is 1. The van der Waals surface area contributed by atoms with Gasteiger partial charge in [-0.15, -0.1) is 0 Å². The molecule has 0 radical (unpaired) electrons. The van der Waals surface area contributed by atoms with E-state index in [0.717, 1.165) is 36.3 Å². The minimum Gasteiger partial charge on any atom is -0.376 e. The van der Waals surface area contributed by atoms with Crippen molar-refractivity contribution < 1.29 is 0 Å². The van der Waals surface area contributed by atoms with Crippen LogP contribution < -0.4 is 22.1 Å². The Morgan fingerprint density at radius 1 is 0.939 bits per heavy atom. The van der Waals surface area contributed by atoms with Gasteiger partial charge in [0.1, 0.15) is 5.69 Å².